The molecule has 0 fully saturated rings. The summed E-state index contributed by atoms with van der Waals surface area (Å²) < 4.78 is 10.5. The molecule has 0 saturated heterocycles. The van der Waals surface area contributed by atoms with Gasteiger partial charge in [0.1, 0.15) is 0 Å². The summed E-state index contributed by atoms with van der Waals surface area (Å²) in [5, 5.41) is 2.98. The minimum absolute atomic E-state index is 0.150. The molecule has 1 amide bonds. The van der Waals surface area contributed by atoms with Crippen LogP contribution in [0.4, 0.5) is 5.69 Å². The third-order valence-corrected chi connectivity index (χ3v) is 3.55. The average Bonchev–Trinajstić information content (AvgIpc) is 2.89. The quantitative estimate of drug-likeness (QED) is 0.916. The Morgan fingerprint density at radius 3 is 2.38 bits per heavy atom. The highest BCUT2D eigenvalue weighted by atomic mass is 16.7. The molecule has 0 aromatic heterocycles. The molecule has 0 atom stereocenters. The predicted octanol–water partition coefficient (Wildman–Crippen LogP) is 3.59. The van der Waals surface area contributed by atoms with E-state index in [1.165, 1.54) is 5.56 Å². The van der Waals surface area contributed by atoms with Crippen LogP contribution in [0.1, 0.15) is 27.0 Å². The topological polar surface area (TPSA) is 47.6 Å². The summed E-state index contributed by atoms with van der Waals surface area (Å²) in [4.78, 5) is 12.4. The second kappa shape index (κ2) is 5.13. The van der Waals surface area contributed by atoms with Crippen LogP contribution in [-0.2, 0) is 0 Å². The summed E-state index contributed by atoms with van der Waals surface area (Å²) in [6.07, 6.45) is 0. The monoisotopic (exact) mass is 283 g/mol. The molecule has 1 heterocycles. The van der Waals surface area contributed by atoms with E-state index >= 15 is 0 Å². The number of ether oxygens (including phenoxy) is 2. The maximum atomic E-state index is 12.4. The van der Waals surface area contributed by atoms with Gasteiger partial charge in [0.25, 0.3) is 5.91 Å². The number of nitrogens with one attached hydrogen (secondary N) is 1. The van der Waals surface area contributed by atoms with Crippen LogP contribution in [0.15, 0.2) is 30.3 Å². The standard InChI is InChI=1S/C17H17NO3/c1-10-6-11(2)16(12(3)7-10)18-17(19)13-4-5-14-15(8-13)21-9-20-14/h4-8H,9H2,1-3H3,(H,18,19). The molecule has 21 heavy (non-hydrogen) atoms. The third-order valence-electron chi connectivity index (χ3n) is 3.55. The van der Waals surface area contributed by atoms with Crippen LogP contribution in [0.25, 0.3) is 0 Å². The van der Waals surface area contributed by atoms with Crippen molar-refractivity contribution in [2.24, 2.45) is 0 Å². The molecule has 2 aromatic carbocycles. The molecule has 0 spiro atoms. The van der Waals surface area contributed by atoms with Gasteiger partial charge in [-0.15, -0.1) is 0 Å². The lowest BCUT2D eigenvalue weighted by Crippen LogP contribution is -2.13. The summed E-state index contributed by atoms with van der Waals surface area (Å²) in [6, 6.07) is 9.31. The van der Waals surface area contributed by atoms with Crippen molar-refractivity contribution in [3.63, 3.8) is 0 Å². The highest BCUT2D eigenvalue weighted by molar-refractivity contribution is 6.05. The van der Waals surface area contributed by atoms with Crippen molar-refractivity contribution < 1.29 is 14.3 Å². The third kappa shape index (κ3) is 2.57. The number of carbonyl (C=O) groups is 1. The van der Waals surface area contributed by atoms with E-state index in [0.29, 0.717) is 17.1 Å². The van der Waals surface area contributed by atoms with Crippen LogP contribution in [0.5, 0.6) is 11.5 Å². The van der Waals surface area contributed by atoms with Crippen LogP contribution < -0.4 is 14.8 Å². The zero-order valence-electron chi connectivity index (χ0n) is 12.3. The number of benzene rings is 2. The lowest BCUT2D eigenvalue weighted by atomic mass is 10.0. The molecule has 108 valence electrons. The smallest absolute Gasteiger partial charge is 0.255 e. The van der Waals surface area contributed by atoms with Gasteiger partial charge in [-0.3, -0.25) is 4.79 Å². The number of amides is 1. The summed E-state index contributed by atoms with van der Waals surface area (Å²) in [5.74, 6) is 1.14. The highest BCUT2D eigenvalue weighted by Gasteiger charge is 2.17. The number of rotatable bonds is 2. The van der Waals surface area contributed by atoms with Gasteiger partial charge in [-0.2, -0.15) is 0 Å². The SMILES string of the molecule is Cc1cc(C)c(NC(=O)c2ccc3c(c2)OCO3)c(C)c1. The van der Waals surface area contributed by atoms with Crippen molar-refractivity contribution in [1.82, 2.24) is 0 Å². The number of hydrogen-bond acceptors (Lipinski definition) is 3. The molecule has 0 aliphatic carbocycles. The molecule has 1 aliphatic heterocycles. The molecular weight excluding hydrogens is 266 g/mol. The van der Waals surface area contributed by atoms with Gasteiger partial charge < -0.3 is 14.8 Å². The van der Waals surface area contributed by atoms with Gasteiger partial charge >= 0.3 is 0 Å². The zero-order chi connectivity index (χ0) is 15.0. The molecule has 4 nitrogen and oxygen atoms in total. The van der Waals surface area contributed by atoms with E-state index in [0.717, 1.165) is 16.8 Å². The minimum Gasteiger partial charge on any atom is -0.454 e. The van der Waals surface area contributed by atoms with Gasteiger partial charge in [0.15, 0.2) is 11.5 Å². The minimum atomic E-state index is -0.150. The molecule has 0 radical (unpaired) electrons. The Hall–Kier alpha value is -2.49. The average molecular weight is 283 g/mol. The first-order valence-electron chi connectivity index (χ1n) is 6.83. The highest BCUT2D eigenvalue weighted by Crippen LogP contribution is 2.33. The lowest BCUT2D eigenvalue weighted by Gasteiger charge is -2.13. The summed E-state index contributed by atoms with van der Waals surface area (Å²) in [6.45, 7) is 6.24. The van der Waals surface area contributed by atoms with E-state index in [1.807, 2.05) is 20.8 Å². The van der Waals surface area contributed by atoms with E-state index in [-0.39, 0.29) is 12.7 Å². The summed E-state index contributed by atoms with van der Waals surface area (Å²) in [5.41, 5.74) is 4.72. The fourth-order valence-electron chi connectivity index (χ4n) is 2.60. The predicted molar refractivity (Wildman–Crippen MR) is 81.2 cm³/mol. The summed E-state index contributed by atoms with van der Waals surface area (Å²) >= 11 is 0. The largest absolute Gasteiger partial charge is 0.454 e. The Bertz CT molecular complexity index is 699. The second-order valence-corrected chi connectivity index (χ2v) is 5.30. The lowest BCUT2D eigenvalue weighted by molar-refractivity contribution is 0.102. The molecular formula is C17H17NO3. The summed E-state index contributed by atoms with van der Waals surface area (Å²) in [7, 11) is 0. The van der Waals surface area contributed by atoms with Crippen LogP contribution in [0.3, 0.4) is 0 Å². The van der Waals surface area contributed by atoms with Crippen molar-refractivity contribution in [3.05, 3.63) is 52.6 Å². The van der Waals surface area contributed by atoms with Crippen LogP contribution in [-0.4, -0.2) is 12.7 Å². The maximum absolute atomic E-state index is 12.4. The normalized spacial score (nSPS) is 12.3. The first-order valence-corrected chi connectivity index (χ1v) is 6.83. The zero-order valence-corrected chi connectivity index (χ0v) is 12.3. The van der Waals surface area contributed by atoms with E-state index in [1.54, 1.807) is 18.2 Å². The fourth-order valence-corrected chi connectivity index (χ4v) is 2.60. The Labute approximate surface area is 123 Å². The first-order chi connectivity index (χ1) is 10.0. The number of hydrogen-bond donors (Lipinski definition) is 1. The molecule has 0 unspecified atom stereocenters. The number of carbonyl (C=O) groups excluding carboxylic acids is 1. The molecule has 1 N–H and O–H groups in total. The van der Waals surface area contributed by atoms with Crippen molar-refractivity contribution in [1.29, 1.82) is 0 Å². The Balaban J connectivity index is 1.87. The van der Waals surface area contributed by atoms with Crippen molar-refractivity contribution in [3.8, 4) is 11.5 Å². The first kappa shape index (κ1) is 13.5. The Morgan fingerprint density at radius 1 is 1.00 bits per heavy atom. The Morgan fingerprint density at radius 2 is 1.67 bits per heavy atom. The van der Waals surface area contributed by atoms with Gasteiger partial charge in [-0.1, -0.05) is 17.7 Å². The van der Waals surface area contributed by atoms with E-state index < -0.39 is 0 Å². The van der Waals surface area contributed by atoms with Gasteiger partial charge in [-0.25, -0.2) is 0 Å². The molecule has 0 saturated carbocycles. The van der Waals surface area contributed by atoms with Gasteiger partial charge in [0, 0.05) is 11.3 Å². The van der Waals surface area contributed by atoms with Crippen molar-refractivity contribution in [2.45, 2.75) is 20.8 Å². The van der Waals surface area contributed by atoms with Crippen molar-refractivity contribution >= 4 is 11.6 Å². The van der Waals surface area contributed by atoms with Gasteiger partial charge in [0.05, 0.1) is 0 Å². The van der Waals surface area contributed by atoms with Crippen LogP contribution >= 0.6 is 0 Å². The molecule has 4 heteroatoms. The molecule has 2 aromatic rings. The van der Waals surface area contributed by atoms with Gasteiger partial charge in [-0.05, 0) is 50.1 Å². The molecule has 1 aliphatic rings. The second-order valence-electron chi connectivity index (χ2n) is 5.30. The van der Waals surface area contributed by atoms with Crippen molar-refractivity contribution in [2.75, 3.05) is 12.1 Å². The van der Waals surface area contributed by atoms with E-state index in [2.05, 4.69) is 17.4 Å². The number of anilines is 1. The van der Waals surface area contributed by atoms with Gasteiger partial charge in [0.2, 0.25) is 6.79 Å². The van der Waals surface area contributed by atoms with Crippen LogP contribution in [0.2, 0.25) is 0 Å². The maximum Gasteiger partial charge on any atom is 0.255 e. The van der Waals surface area contributed by atoms with E-state index in [4.69, 9.17) is 9.47 Å². The molecule has 0 bridgehead atoms. The van der Waals surface area contributed by atoms with Crippen LogP contribution in [0, 0.1) is 20.8 Å². The Kier molecular flexibility index (Phi) is 3.29. The number of fused-ring (bicyclic) bond motifs is 1. The fraction of sp³-hybridized carbons (Fsp3) is 0.235. The van der Waals surface area contributed by atoms with E-state index in [9.17, 15) is 4.79 Å². The number of aryl methyl sites for hydroxylation is 3. The molecule has 3 rings (SSSR count).